The van der Waals surface area contributed by atoms with Gasteiger partial charge in [-0.2, -0.15) is 0 Å². The van der Waals surface area contributed by atoms with Gasteiger partial charge >= 0.3 is 23.9 Å². The lowest BCUT2D eigenvalue weighted by molar-refractivity contribution is -0.267. The van der Waals surface area contributed by atoms with Crippen LogP contribution in [0.5, 0.6) is 0 Å². The van der Waals surface area contributed by atoms with E-state index in [-0.39, 0.29) is 11.1 Å². The quantitative estimate of drug-likeness (QED) is 0.164. The van der Waals surface area contributed by atoms with E-state index in [0.29, 0.717) is 22.0 Å². The number of aromatic amines is 1. The Morgan fingerprint density at radius 2 is 1.45 bits per heavy atom. The number of para-hydroxylation sites is 1. The molecule has 15 heteroatoms. The average molecular weight is 673 g/mol. The first-order chi connectivity index (χ1) is 23.4. The maximum atomic E-state index is 13.9. The van der Waals surface area contributed by atoms with Gasteiger partial charge in [-0.25, -0.2) is 0 Å². The highest BCUT2D eigenvalue weighted by molar-refractivity contribution is 6.50. The fraction of sp³-hybridized carbons (Fsp3) is 0.324. The summed E-state index contributed by atoms with van der Waals surface area (Å²) in [6.45, 7) is 4.17. The molecule has 5 atom stereocenters. The molecule has 0 radical (unpaired) electrons. The Morgan fingerprint density at radius 3 is 2.12 bits per heavy atom. The lowest BCUT2D eigenvalue weighted by Crippen LogP contribution is -2.60. The number of amides is 2. The van der Waals surface area contributed by atoms with Crippen LogP contribution in [0.15, 0.2) is 55.1 Å². The van der Waals surface area contributed by atoms with Crippen LogP contribution in [0.2, 0.25) is 0 Å². The highest BCUT2D eigenvalue weighted by Gasteiger charge is 2.53. The number of carbonyl (C=O) groups is 6. The number of H-pyrrole nitrogens is 1. The second kappa shape index (κ2) is 13.0. The van der Waals surface area contributed by atoms with Crippen molar-refractivity contribution in [2.45, 2.75) is 58.3 Å². The topological polar surface area (TPSA) is 185 Å². The van der Waals surface area contributed by atoms with Crippen LogP contribution in [0.3, 0.4) is 0 Å². The van der Waals surface area contributed by atoms with E-state index < -0.39 is 72.9 Å². The highest BCUT2D eigenvalue weighted by atomic mass is 16.7. The third-order valence-electron chi connectivity index (χ3n) is 8.29. The summed E-state index contributed by atoms with van der Waals surface area (Å²) < 4.78 is 30.0. The average Bonchev–Trinajstić information content (AvgIpc) is 3.70. The van der Waals surface area contributed by atoms with E-state index in [1.54, 1.807) is 23.0 Å². The van der Waals surface area contributed by atoms with Crippen molar-refractivity contribution in [2.24, 2.45) is 0 Å². The summed E-state index contributed by atoms with van der Waals surface area (Å²) in [6, 6.07) is 8.99. The van der Waals surface area contributed by atoms with Crippen LogP contribution in [0.4, 0.5) is 0 Å². The number of carbonyl (C=O) groups excluding carboxylic acids is 6. The standard InChI is InChI=1S/C34H32N4O11/c1-16(39)45-15-26-29(46-17(2)40)30(47-18(3)41)31(48-19(4)42)34(49-26)38-14-23(21-12-35-11-10-25(21)38)28-27(32(43)37(5)33(28)44)22-13-36-24-9-7-6-8-20(22)24/h6-14,26,29-31,34,36H,15H2,1-5H3/t26-,29-,30+,31-,34-/m1/s1. The molecular formula is C34H32N4O11. The molecule has 1 N–H and O–H groups in total. The van der Waals surface area contributed by atoms with Gasteiger partial charge in [-0.3, -0.25) is 38.7 Å². The zero-order valence-corrected chi connectivity index (χ0v) is 27.1. The van der Waals surface area contributed by atoms with Crippen LogP contribution in [0.1, 0.15) is 45.0 Å². The normalized spacial score (nSPS) is 22.5. The zero-order valence-electron chi connectivity index (χ0n) is 27.1. The minimum absolute atomic E-state index is 0.0969. The molecule has 15 nitrogen and oxygen atoms in total. The molecule has 6 rings (SSSR count). The van der Waals surface area contributed by atoms with Gasteiger partial charge in [-0.15, -0.1) is 0 Å². The molecule has 49 heavy (non-hydrogen) atoms. The number of nitrogens with zero attached hydrogens (tertiary/aromatic N) is 3. The van der Waals surface area contributed by atoms with E-state index in [2.05, 4.69) is 9.97 Å². The van der Waals surface area contributed by atoms with Gasteiger partial charge in [0.1, 0.15) is 12.7 Å². The van der Waals surface area contributed by atoms with E-state index in [1.165, 1.54) is 26.4 Å². The Bertz CT molecular complexity index is 2060. The number of esters is 4. The van der Waals surface area contributed by atoms with E-state index in [9.17, 15) is 28.8 Å². The van der Waals surface area contributed by atoms with Crippen LogP contribution >= 0.6 is 0 Å². The molecule has 0 saturated carbocycles. The van der Waals surface area contributed by atoms with Crippen molar-refractivity contribution in [2.75, 3.05) is 13.7 Å². The van der Waals surface area contributed by atoms with Crippen molar-refractivity contribution in [3.05, 3.63) is 66.2 Å². The molecule has 0 aliphatic carbocycles. The SMILES string of the molecule is CC(=O)OC[C@H]1O[C@@H](n2cc(C3=C(c4c[nH]c5ccccc45)C(=O)N(C)C3=O)c3cnccc32)[C@H](OC(C)=O)[C@@H](OC(C)=O)[C@@H]1OC(C)=O. The van der Waals surface area contributed by atoms with Crippen molar-refractivity contribution in [1.82, 2.24) is 19.4 Å². The number of ether oxygens (including phenoxy) is 5. The molecule has 1 saturated heterocycles. The van der Waals surface area contributed by atoms with Gasteiger partial charge in [0.15, 0.2) is 24.5 Å². The molecule has 1 fully saturated rings. The first kappa shape index (κ1) is 33.1. The minimum atomic E-state index is -1.42. The molecule has 2 aliphatic heterocycles. The molecule has 5 heterocycles. The Morgan fingerprint density at radius 1 is 0.816 bits per heavy atom. The van der Waals surface area contributed by atoms with E-state index in [0.717, 1.165) is 36.6 Å². The first-order valence-electron chi connectivity index (χ1n) is 15.3. The summed E-state index contributed by atoms with van der Waals surface area (Å²) in [5, 5.41) is 1.17. The summed E-state index contributed by atoms with van der Waals surface area (Å²) in [5.41, 5.74) is 2.30. The van der Waals surface area contributed by atoms with E-state index >= 15 is 0 Å². The number of hydrogen-bond acceptors (Lipinski definition) is 12. The van der Waals surface area contributed by atoms with Crippen LogP contribution < -0.4 is 0 Å². The monoisotopic (exact) mass is 672 g/mol. The highest BCUT2D eigenvalue weighted by Crippen LogP contribution is 2.43. The van der Waals surface area contributed by atoms with Gasteiger partial charge < -0.3 is 33.2 Å². The molecule has 2 aliphatic rings. The Hall–Kier alpha value is -5.83. The summed E-state index contributed by atoms with van der Waals surface area (Å²) in [7, 11) is 1.39. The number of hydrogen-bond donors (Lipinski definition) is 1. The number of fused-ring (bicyclic) bond motifs is 2. The van der Waals surface area contributed by atoms with Crippen molar-refractivity contribution in [3.63, 3.8) is 0 Å². The van der Waals surface area contributed by atoms with Crippen molar-refractivity contribution in [3.8, 4) is 0 Å². The number of rotatable bonds is 8. The molecule has 254 valence electrons. The number of benzene rings is 1. The maximum absolute atomic E-state index is 13.9. The predicted octanol–water partition coefficient (Wildman–Crippen LogP) is 2.68. The second-order valence-corrected chi connectivity index (χ2v) is 11.6. The first-order valence-corrected chi connectivity index (χ1v) is 15.3. The number of pyridine rings is 1. The van der Waals surface area contributed by atoms with Crippen LogP contribution in [0.25, 0.3) is 33.0 Å². The fourth-order valence-electron chi connectivity index (χ4n) is 6.36. The van der Waals surface area contributed by atoms with Crippen molar-refractivity contribution < 1.29 is 52.5 Å². The number of imide groups is 1. The third kappa shape index (κ3) is 6.04. The van der Waals surface area contributed by atoms with Gasteiger partial charge in [0.2, 0.25) is 0 Å². The van der Waals surface area contributed by atoms with E-state index in [1.807, 2.05) is 24.3 Å². The minimum Gasteiger partial charge on any atom is -0.463 e. The smallest absolute Gasteiger partial charge is 0.303 e. The lowest BCUT2D eigenvalue weighted by Gasteiger charge is -2.44. The molecule has 2 amide bonds. The van der Waals surface area contributed by atoms with Crippen LogP contribution in [-0.4, -0.2) is 93.2 Å². The molecular weight excluding hydrogens is 640 g/mol. The van der Waals surface area contributed by atoms with Crippen LogP contribution in [-0.2, 0) is 52.5 Å². The summed E-state index contributed by atoms with van der Waals surface area (Å²) in [5.74, 6) is -4.03. The van der Waals surface area contributed by atoms with Gasteiger partial charge in [0.05, 0.1) is 16.7 Å². The molecule has 4 aromatic rings. The van der Waals surface area contributed by atoms with Gasteiger partial charge in [0.25, 0.3) is 11.8 Å². The summed E-state index contributed by atoms with van der Waals surface area (Å²) >= 11 is 0. The molecule has 3 aromatic heterocycles. The number of nitrogens with one attached hydrogen (secondary N) is 1. The Balaban J connectivity index is 1.58. The second-order valence-electron chi connectivity index (χ2n) is 11.6. The maximum Gasteiger partial charge on any atom is 0.303 e. The lowest BCUT2D eigenvalue weighted by atomic mass is 9.96. The van der Waals surface area contributed by atoms with Crippen molar-refractivity contribution in [1.29, 1.82) is 0 Å². The van der Waals surface area contributed by atoms with Crippen molar-refractivity contribution >= 4 is 68.6 Å². The number of aromatic nitrogens is 3. The van der Waals surface area contributed by atoms with Gasteiger partial charge in [-0.1, -0.05) is 18.2 Å². The van der Waals surface area contributed by atoms with E-state index in [4.69, 9.17) is 23.7 Å². The number of likely N-dealkylation sites (N-methyl/N-ethyl adjacent to an activating group) is 1. The largest absolute Gasteiger partial charge is 0.463 e. The molecule has 0 unspecified atom stereocenters. The van der Waals surface area contributed by atoms with Gasteiger partial charge in [-0.05, 0) is 12.1 Å². The summed E-state index contributed by atoms with van der Waals surface area (Å²) in [6.07, 6.45) is -0.471. The molecule has 0 spiro atoms. The third-order valence-corrected chi connectivity index (χ3v) is 8.29. The zero-order chi connectivity index (χ0) is 35.1. The Labute approximate surface area is 278 Å². The summed E-state index contributed by atoms with van der Waals surface area (Å²) in [4.78, 5) is 85.0. The fourth-order valence-corrected chi connectivity index (χ4v) is 6.36. The van der Waals surface area contributed by atoms with Crippen LogP contribution in [0, 0.1) is 0 Å². The predicted molar refractivity (Wildman–Crippen MR) is 170 cm³/mol. The van der Waals surface area contributed by atoms with Gasteiger partial charge in [0, 0.05) is 86.9 Å². The molecule has 0 bridgehead atoms. The molecule has 1 aromatic carbocycles. The Kier molecular flexibility index (Phi) is 8.77.